The molecule has 2 aromatic carbocycles. The SMILES string of the molecule is C[C@@H]1Cc2cc(C(=O)Nc3ccc(N4CCOCC4)cc3)ccc2N1S(C)(=O)=O. The van der Waals surface area contributed by atoms with Gasteiger partial charge in [-0.3, -0.25) is 9.10 Å². The van der Waals surface area contributed by atoms with Gasteiger partial charge in [-0.2, -0.15) is 0 Å². The van der Waals surface area contributed by atoms with Crippen LogP contribution in [0, 0.1) is 0 Å². The predicted octanol–water partition coefficient (Wildman–Crippen LogP) is 2.49. The van der Waals surface area contributed by atoms with Crippen LogP contribution in [-0.4, -0.2) is 52.9 Å². The Kier molecular flexibility index (Phi) is 5.23. The number of anilines is 3. The van der Waals surface area contributed by atoms with Crippen molar-refractivity contribution >= 4 is 33.0 Å². The van der Waals surface area contributed by atoms with E-state index in [1.165, 1.54) is 10.6 Å². The van der Waals surface area contributed by atoms with Gasteiger partial charge in [0.25, 0.3) is 5.91 Å². The number of ether oxygens (including phenoxy) is 1. The molecule has 2 aliphatic rings. The molecule has 154 valence electrons. The molecule has 1 saturated heterocycles. The van der Waals surface area contributed by atoms with E-state index in [2.05, 4.69) is 10.2 Å². The molecule has 0 spiro atoms. The van der Waals surface area contributed by atoms with Crippen molar-refractivity contribution in [3.63, 3.8) is 0 Å². The van der Waals surface area contributed by atoms with E-state index in [4.69, 9.17) is 4.74 Å². The van der Waals surface area contributed by atoms with Gasteiger partial charge in [0.15, 0.2) is 0 Å². The standard InChI is InChI=1S/C21H25N3O4S/c1-15-13-17-14-16(3-8-20(17)24(15)29(2,26)27)21(25)22-18-4-6-19(7-5-18)23-9-11-28-12-10-23/h3-8,14-15H,9-13H2,1-2H3,(H,22,25)/t15-/m1/s1. The Balaban J connectivity index is 1.47. The summed E-state index contributed by atoms with van der Waals surface area (Å²) in [4.78, 5) is 14.9. The first kappa shape index (κ1) is 19.7. The highest BCUT2D eigenvalue weighted by Gasteiger charge is 2.32. The average Bonchev–Trinajstić information content (AvgIpc) is 3.04. The Labute approximate surface area is 171 Å². The van der Waals surface area contributed by atoms with E-state index in [-0.39, 0.29) is 11.9 Å². The number of morpholine rings is 1. The first-order valence-corrected chi connectivity index (χ1v) is 11.5. The number of nitrogens with one attached hydrogen (secondary N) is 1. The summed E-state index contributed by atoms with van der Waals surface area (Å²) >= 11 is 0. The number of rotatable bonds is 4. The molecule has 1 amide bonds. The van der Waals surface area contributed by atoms with E-state index in [1.807, 2.05) is 31.2 Å². The summed E-state index contributed by atoms with van der Waals surface area (Å²) in [6.45, 7) is 5.06. The summed E-state index contributed by atoms with van der Waals surface area (Å²) in [7, 11) is -3.34. The van der Waals surface area contributed by atoms with Crippen molar-refractivity contribution in [3.05, 3.63) is 53.6 Å². The summed E-state index contributed by atoms with van der Waals surface area (Å²) in [6, 6.07) is 12.8. The summed E-state index contributed by atoms with van der Waals surface area (Å²) in [6.07, 6.45) is 1.80. The van der Waals surface area contributed by atoms with Crippen LogP contribution in [0.2, 0.25) is 0 Å². The van der Waals surface area contributed by atoms with Crippen molar-refractivity contribution in [3.8, 4) is 0 Å². The van der Waals surface area contributed by atoms with Gasteiger partial charge in [-0.15, -0.1) is 0 Å². The normalized spacial score (nSPS) is 19.2. The maximum Gasteiger partial charge on any atom is 0.255 e. The van der Waals surface area contributed by atoms with E-state index >= 15 is 0 Å². The predicted molar refractivity (Wildman–Crippen MR) is 114 cm³/mol. The molecule has 1 N–H and O–H groups in total. The molecule has 0 bridgehead atoms. The second kappa shape index (κ2) is 7.68. The van der Waals surface area contributed by atoms with Gasteiger partial charge in [-0.1, -0.05) is 0 Å². The Morgan fingerprint density at radius 3 is 2.45 bits per heavy atom. The topological polar surface area (TPSA) is 79.0 Å². The van der Waals surface area contributed by atoms with Crippen molar-refractivity contribution in [2.75, 3.05) is 47.1 Å². The quantitative estimate of drug-likeness (QED) is 0.830. The molecular weight excluding hydrogens is 390 g/mol. The van der Waals surface area contributed by atoms with Crippen LogP contribution >= 0.6 is 0 Å². The number of carbonyl (C=O) groups is 1. The van der Waals surface area contributed by atoms with E-state index in [9.17, 15) is 13.2 Å². The molecule has 4 rings (SSSR count). The molecule has 0 saturated carbocycles. The Morgan fingerprint density at radius 2 is 1.79 bits per heavy atom. The van der Waals surface area contributed by atoms with Crippen molar-refractivity contribution in [2.24, 2.45) is 0 Å². The van der Waals surface area contributed by atoms with Crippen LogP contribution in [0.25, 0.3) is 0 Å². The van der Waals surface area contributed by atoms with Crippen LogP contribution in [0.15, 0.2) is 42.5 Å². The summed E-state index contributed by atoms with van der Waals surface area (Å²) in [5.74, 6) is -0.211. The van der Waals surface area contributed by atoms with Crippen molar-refractivity contribution < 1.29 is 17.9 Å². The van der Waals surface area contributed by atoms with E-state index in [0.29, 0.717) is 17.7 Å². The van der Waals surface area contributed by atoms with Crippen LogP contribution in [-0.2, 0) is 21.2 Å². The number of hydrogen-bond donors (Lipinski definition) is 1. The Hall–Kier alpha value is -2.58. The van der Waals surface area contributed by atoms with Crippen LogP contribution < -0.4 is 14.5 Å². The van der Waals surface area contributed by atoms with Crippen molar-refractivity contribution in [1.82, 2.24) is 0 Å². The van der Waals surface area contributed by atoms with Gasteiger partial charge in [-0.25, -0.2) is 8.42 Å². The van der Waals surface area contributed by atoms with Gasteiger partial charge < -0.3 is 15.0 Å². The van der Waals surface area contributed by atoms with Crippen LogP contribution in [0.3, 0.4) is 0 Å². The second-order valence-corrected chi connectivity index (χ2v) is 9.42. The van der Waals surface area contributed by atoms with Gasteiger partial charge in [0.05, 0.1) is 25.2 Å². The lowest BCUT2D eigenvalue weighted by atomic mass is 10.1. The van der Waals surface area contributed by atoms with Gasteiger partial charge in [0.2, 0.25) is 10.0 Å². The summed E-state index contributed by atoms with van der Waals surface area (Å²) in [5, 5.41) is 2.92. The zero-order chi connectivity index (χ0) is 20.6. The zero-order valence-electron chi connectivity index (χ0n) is 16.6. The molecule has 7 nitrogen and oxygen atoms in total. The third kappa shape index (κ3) is 4.09. The Morgan fingerprint density at radius 1 is 1.10 bits per heavy atom. The molecule has 2 heterocycles. The molecule has 2 aromatic rings. The number of amides is 1. The summed E-state index contributed by atoms with van der Waals surface area (Å²) < 4.78 is 30.9. The highest BCUT2D eigenvalue weighted by Crippen LogP contribution is 2.34. The number of carbonyl (C=O) groups excluding carboxylic acids is 1. The molecule has 1 atom stereocenters. The molecule has 0 radical (unpaired) electrons. The van der Waals surface area contributed by atoms with Gasteiger partial charge in [0, 0.05) is 36.1 Å². The third-order valence-corrected chi connectivity index (χ3v) is 6.62. The lowest BCUT2D eigenvalue weighted by Gasteiger charge is -2.28. The maximum absolute atomic E-state index is 12.7. The maximum atomic E-state index is 12.7. The molecular formula is C21H25N3O4S. The third-order valence-electron chi connectivity index (χ3n) is 5.35. The second-order valence-electron chi connectivity index (χ2n) is 7.56. The molecule has 2 aliphatic heterocycles. The lowest BCUT2D eigenvalue weighted by molar-refractivity contribution is 0.102. The van der Waals surface area contributed by atoms with Crippen LogP contribution in [0.1, 0.15) is 22.8 Å². The minimum atomic E-state index is -3.34. The largest absolute Gasteiger partial charge is 0.378 e. The molecule has 1 fully saturated rings. The molecule has 0 unspecified atom stereocenters. The first-order valence-electron chi connectivity index (χ1n) is 9.69. The van der Waals surface area contributed by atoms with Crippen LogP contribution in [0.4, 0.5) is 17.1 Å². The van der Waals surface area contributed by atoms with Gasteiger partial charge in [0.1, 0.15) is 0 Å². The molecule has 0 aromatic heterocycles. The number of hydrogen-bond acceptors (Lipinski definition) is 5. The van der Waals surface area contributed by atoms with Crippen LogP contribution in [0.5, 0.6) is 0 Å². The summed E-state index contributed by atoms with van der Waals surface area (Å²) in [5.41, 5.74) is 3.88. The number of benzene rings is 2. The van der Waals surface area contributed by atoms with Crippen molar-refractivity contribution in [1.29, 1.82) is 0 Å². The first-order chi connectivity index (χ1) is 13.8. The van der Waals surface area contributed by atoms with E-state index in [0.717, 1.165) is 43.2 Å². The molecule has 0 aliphatic carbocycles. The smallest absolute Gasteiger partial charge is 0.255 e. The molecule has 29 heavy (non-hydrogen) atoms. The fraction of sp³-hybridized carbons (Fsp3) is 0.381. The number of nitrogens with zero attached hydrogens (tertiary/aromatic N) is 2. The Bertz CT molecular complexity index is 1010. The van der Waals surface area contributed by atoms with E-state index < -0.39 is 10.0 Å². The fourth-order valence-electron chi connectivity index (χ4n) is 4.03. The van der Waals surface area contributed by atoms with Gasteiger partial charge in [-0.05, 0) is 61.4 Å². The van der Waals surface area contributed by atoms with Crippen molar-refractivity contribution in [2.45, 2.75) is 19.4 Å². The number of fused-ring (bicyclic) bond motifs is 1. The fourth-order valence-corrected chi connectivity index (χ4v) is 5.29. The van der Waals surface area contributed by atoms with E-state index in [1.54, 1.807) is 18.2 Å². The minimum Gasteiger partial charge on any atom is -0.378 e. The lowest BCUT2D eigenvalue weighted by Crippen LogP contribution is -2.36. The average molecular weight is 416 g/mol. The minimum absolute atomic E-state index is 0.147. The monoisotopic (exact) mass is 415 g/mol. The zero-order valence-corrected chi connectivity index (χ0v) is 17.4. The molecule has 8 heteroatoms. The van der Waals surface area contributed by atoms with Gasteiger partial charge >= 0.3 is 0 Å². The highest BCUT2D eigenvalue weighted by molar-refractivity contribution is 7.92. The highest BCUT2D eigenvalue weighted by atomic mass is 32.2. The number of sulfonamides is 1.